The predicted molar refractivity (Wildman–Crippen MR) is 149 cm³/mol. The summed E-state index contributed by atoms with van der Waals surface area (Å²) in [7, 11) is 0. The van der Waals surface area contributed by atoms with Crippen LogP contribution in [0.1, 0.15) is 35.0 Å². The number of anilines is 3. The van der Waals surface area contributed by atoms with Crippen molar-refractivity contribution in [3.05, 3.63) is 65.3 Å². The third kappa shape index (κ3) is 4.65. The summed E-state index contributed by atoms with van der Waals surface area (Å²) in [6.45, 7) is 4.62. The van der Waals surface area contributed by atoms with Gasteiger partial charge in [0.1, 0.15) is 15.5 Å². The van der Waals surface area contributed by atoms with Crippen molar-refractivity contribution in [2.45, 2.75) is 32.7 Å². The molecule has 1 fully saturated rings. The molecule has 0 bridgehead atoms. The van der Waals surface area contributed by atoms with Gasteiger partial charge in [0.15, 0.2) is 0 Å². The van der Waals surface area contributed by atoms with E-state index in [-0.39, 0.29) is 23.9 Å². The van der Waals surface area contributed by atoms with Gasteiger partial charge in [0.05, 0.1) is 22.4 Å². The van der Waals surface area contributed by atoms with E-state index in [1.54, 1.807) is 40.4 Å². The van der Waals surface area contributed by atoms with E-state index >= 15 is 0 Å². The molecule has 5 heterocycles. The highest BCUT2D eigenvalue weighted by Crippen LogP contribution is 2.46. The lowest BCUT2D eigenvalue weighted by Gasteiger charge is -2.32. The van der Waals surface area contributed by atoms with E-state index in [4.69, 9.17) is 4.74 Å². The number of carbonyl (C=O) groups is 3. The van der Waals surface area contributed by atoms with E-state index in [1.165, 1.54) is 18.3 Å². The van der Waals surface area contributed by atoms with Gasteiger partial charge in [-0.15, -0.1) is 11.3 Å². The van der Waals surface area contributed by atoms with Crippen LogP contribution in [0.3, 0.4) is 0 Å². The molecule has 0 spiro atoms. The van der Waals surface area contributed by atoms with Crippen LogP contribution < -0.4 is 20.3 Å². The number of benzene rings is 1. The monoisotopic (exact) mass is 542 g/mol. The fourth-order valence-corrected chi connectivity index (χ4v) is 6.11. The fourth-order valence-electron chi connectivity index (χ4n) is 5.09. The van der Waals surface area contributed by atoms with Gasteiger partial charge in [-0.3, -0.25) is 14.5 Å². The molecule has 3 aromatic heterocycles. The molecular weight excluding hydrogens is 516 g/mol. The van der Waals surface area contributed by atoms with Crippen LogP contribution in [0, 0.1) is 6.92 Å². The molecule has 39 heavy (non-hydrogen) atoms. The normalized spacial score (nSPS) is 16.7. The summed E-state index contributed by atoms with van der Waals surface area (Å²) >= 11 is 1.24. The maximum Gasteiger partial charge on any atom is 0.331 e. The third-order valence-electron chi connectivity index (χ3n) is 6.92. The molecule has 4 amide bonds. The van der Waals surface area contributed by atoms with Crippen molar-refractivity contribution in [2.24, 2.45) is 0 Å². The summed E-state index contributed by atoms with van der Waals surface area (Å²) in [5, 5.41) is 6.71. The number of piperidine rings is 1. The van der Waals surface area contributed by atoms with Crippen LogP contribution in [0.2, 0.25) is 0 Å². The molecule has 4 aromatic rings. The molecule has 0 saturated carbocycles. The van der Waals surface area contributed by atoms with Crippen LogP contribution in [0.5, 0.6) is 11.6 Å². The van der Waals surface area contributed by atoms with Crippen molar-refractivity contribution in [1.82, 2.24) is 20.2 Å². The van der Waals surface area contributed by atoms with Gasteiger partial charge in [-0.2, -0.15) is 0 Å². The Bertz CT molecular complexity index is 1600. The van der Waals surface area contributed by atoms with Gasteiger partial charge < -0.3 is 20.3 Å². The third-order valence-corrected chi connectivity index (χ3v) is 8.02. The van der Waals surface area contributed by atoms with Crippen molar-refractivity contribution >= 4 is 56.5 Å². The number of thiophene rings is 1. The standard InChI is InChI=1S/C28H26N6O4S/c1-16-14-19(38-22-7-3-4-11-29-22)8-9-20(16)34-21-10-12-30-27-23(21)24(32-28(34)37)25(39-27)26(36)31-18-6-5-13-33(15-18)17(2)35/h3-4,7-12,14,18H,5-6,13,15H2,1-2H3,(H,31,36)(H,32,37). The Morgan fingerprint density at radius 2 is 2.00 bits per heavy atom. The number of nitrogens with zero attached hydrogens (tertiary/aromatic N) is 4. The number of aryl methyl sites for hydroxylation is 1. The number of hydrogen-bond donors (Lipinski definition) is 2. The van der Waals surface area contributed by atoms with Crippen molar-refractivity contribution in [3.8, 4) is 11.6 Å². The minimum Gasteiger partial charge on any atom is -0.439 e. The molecule has 2 N–H and O–H groups in total. The first-order valence-electron chi connectivity index (χ1n) is 12.7. The number of rotatable bonds is 5. The Balaban J connectivity index is 1.30. The highest BCUT2D eigenvalue weighted by atomic mass is 32.1. The summed E-state index contributed by atoms with van der Waals surface area (Å²) in [6, 6.07) is 12.2. The minimum atomic E-state index is -0.371. The Hall–Kier alpha value is -4.51. The lowest BCUT2D eigenvalue weighted by atomic mass is 10.1. The summed E-state index contributed by atoms with van der Waals surface area (Å²) in [5.41, 5.74) is 2.62. The first-order valence-corrected chi connectivity index (χ1v) is 13.5. The van der Waals surface area contributed by atoms with Gasteiger partial charge in [-0.1, -0.05) is 6.07 Å². The molecular formula is C28H26N6O4S. The van der Waals surface area contributed by atoms with Crippen LogP contribution in [0.4, 0.5) is 21.9 Å². The number of urea groups is 1. The Morgan fingerprint density at radius 1 is 1.13 bits per heavy atom. The highest BCUT2D eigenvalue weighted by molar-refractivity contribution is 7.21. The summed E-state index contributed by atoms with van der Waals surface area (Å²) in [6.07, 6.45) is 4.92. The van der Waals surface area contributed by atoms with Gasteiger partial charge in [-0.05, 0) is 55.7 Å². The van der Waals surface area contributed by atoms with E-state index in [0.717, 1.165) is 23.8 Å². The van der Waals surface area contributed by atoms with E-state index < -0.39 is 0 Å². The van der Waals surface area contributed by atoms with Crippen LogP contribution in [-0.2, 0) is 4.79 Å². The molecule has 0 radical (unpaired) electrons. The topological polar surface area (TPSA) is 117 Å². The second kappa shape index (κ2) is 9.99. The average Bonchev–Trinajstić information content (AvgIpc) is 3.30. The predicted octanol–water partition coefficient (Wildman–Crippen LogP) is 5.22. The zero-order valence-corrected chi connectivity index (χ0v) is 22.2. The van der Waals surface area contributed by atoms with Crippen molar-refractivity contribution in [3.63, 3.8) is 0 Å². The molecule has 11 heteroatoms. The Morgan fingerprint density at radius 3 is 2.77 bits per heavy atom. The number of nitrogens with one attached hydrogen (secondary N) is 2. The maximum atomic E-state index is 13.5. The van der Waals surface area contributed by atoms with Crippen LogP contribution in [0.25, 0.3) is 10.2 Å². The molecule has 6 rings (SSSR count). The lowest BCUT2D eigenvalue weighted by molar-refractivity contribution is -0.130. The molecule has 1 aromatic carbocycles. The molecule has 10 nitrogen and oxygen atoms in total. The molecule has 1 saturated heterocycles. The SMILES string of the molecule is CC(=O)N1CCCC(NC(=O)c2sc3nccc4c3c2NC(=O)N4c2ccc(Oc3ccccn3)cc2C)C1. The zero-order valence-electron chi connectivity index (χ0n) is 21.4. The first kappa shape index (κ1) is 24.8. The van der Waals surface area contributed by atoms with E-state index in [9.17, 15) is 14.4 Å². The van der Waals surface area contributed by atoms with Crippen LogP contribution in [0.15, 0.2) is 54.9 Å². The average molecular weight is 543 g/mol. The molecule has 2 aliphatic rings. The van der Waals surface area contributed by atoms with Crippen molar-refractivity contribution in [1.29, 1.82) is 0 Å². The smallest absolute Gasteiger partial charge is 0.331 e. The molecule has 0 aliphatic carbocycles. The number of ether oxygens (including phenoxy) is 1. The number of amides is 4. The number of carbonyl (C=O) groups excluding carboxylic acids is 3. The van der Waals surface area contributed by atoms with E-state index in [2.05, 4.69) is 20.6 Å². The molecule has 1 unspecified atom stereocenters. The number of hydrogen-bond acceptors (Lipinski definition) is 7. The molecule has 198 valence electrons. The number of aromatic nitrogens is 2. The second-order valence-corrected chi connectivity index (χ2v) is 10.6. The number of pyridine rings is 2. The van der Waals surface area contributed by atoms with E-state index in [0.29, 0.717) is 51.5 Å². The van der Waals surface area contributed by atoms with Gasteiger partial charge in [0, 0.05) is 44.5 Å². The minimum absolute atomic E-state index is 0.00118. The van der Waals surface area contributed by atoms with E-state index in [1.807, 2.05) is 31.2 Å². The van der Waals surface area contributed by atoms with Crippen molar-refractivity contribution in [2.75, 3.05) is 23.3 Å². The zero-order chi connectivity index (χ0) is 27.1. The Kier molecular flexibility index (Phi) is 6.35. The summed E-state index contributed by atoms with van der Waals surface area (Å²) < 4.78 is 5.85. The first-order chi connectivity index (χ1) is 18.9. The largest absolute Gasteiger partial charge is 0.439 e. The Labute approximate surface area is 228 Å². The quantitative estimate of drug-likeness (QED) is 0.357. The van der Waals surface area contributed by atoms with Gasteiger partial charge in [0.25, 0.3) is 5.91 Å². The fraction of sp³-hybridized carbons (Fsp3) is 0.250. The summed E-state index contributed by atoms with van der Waals surface area (Å²) in [5.74, 6) is 0.801. The van der Waals surface area contributed by atoms with Crippen LogP contribution in [-0.4, -0.2) is 51.8 Å². The maximum absolute atomic E-state index is 13.5. The van der Waals surface area contributed by atoms with Crippen molar-refractivity contribution < 1.29 is 19.1 Å². The van der Waals surface area contributed by atoms with Gasteiger partial charge in [-0.25, -0.2) is 14.8 Å². The molecule has 1 atom stereocenters. The summed E-state index contributed by atoms with van der Waals surface area (Å²) in [4.78, 5) is 51.7. The lowest BCUT2D eigenvalue weighted by Crippen LogP contribution is -2.49. The molecule has 2 aliphatic heterocycles. The second-order valence-electron chi connectivity index (χ2n) is 9.58. The van der Waals surface area contributed by atoms with Gasteiger partial charge in [0.2, 0.25) is 11.8 Å². The number of likely N-dealkylation sites (tertiary alicyclic amines) is 1. The highest BCUT2D eigenvalue weighted by Gasteiger charge is 2.34. The van der Waals surface area contributed by atoms with Crippen LogP contribution >= 0.6 is 11.3 Å². The van der Waals surface area contributed by atoms with Gasteiger partial charge >= 0.3 is 6.03 Å².